The highest BCUT2D eigenvalue weighted by Gasteiger charge is 2.17. The van der Waals surface area contributed by atoms with E-state index in [-0.39, 0.29) is 5.91 Å². The maximum absolute atomic E-state index is 11.8. The van der Waals surface area contributed by atoms with Crippen molar-refractivity contribution < 1.29 is 9.21 Å². The summed E-state index contributed by atoms with van der Waals surface area (Å²) in [6.07, 6.45) is 1.80. The minimum Gasteiger partial charge on any atom is -0.440 e. The summed E-state index contributed by atoms with van der Waals surface area (Å²) < 4.78 is 6.02. The van der Waals surface area contributed by atoms with E-state index in [0.717, 1.165) is 29.0 Å². The van der Waals surface area contributed by atoms with Crippen molar-refractivity contribution in [3.8, 4) is 22.6 Å². The third-order valence-corrected chi connectivity index (χ3v) is 3.89. The highest BCUT2D eigenvalue weighted by Crippen LogP contribution is 2.32. The van der Waals surface area contributed by atoms with Gasteiger partial charge in [0.1, 0.15) is 5.69 Å². The van der Waals surface area contributed by atoms with Gasteiger partial charge in [0.25, 0.3) is 0 Å². The van der Waals surface area contributed by atoms with Crippen LogP contribution in [0.1, 0.15) is 25.7 Å². The molecule has 1 N–H and O–H groups in total. The number of nitrogens with zero attached hydrogens (tertiary/aromatic N) is 1. The molecule has 3 rings (SSSR count). The molecule has 0 radical (unpaired) electrons. The molecule has 0 unspecified atom stereocenters. The minimum atomic E-state index is 0.0302. The number of nitrogens with one attached hydrogen (secondary N) is 1. The lowest BCUT2D eigenvalue weighted by molar-refractivity contribution is -0.121. The minimum absolute atomic E-state index is 0.0302. The summed E-state index contributed by atoms with van der Waals surface area (Å²) in [4.78, 5) is 16.5. The van der Waals surface area contributed by atoms with Crippen molar-refractivity contribution >= 4 is 5.91 Å². The van der Waals surface area contributed by atoms with Gasteiger partial charge in [0.15, 0.2) is 11.7 Å². The van der Waals surface area contributed by atoms with Crippen LogP contribution in [0, 0.1) is 0 Å². The molecule has 0 saturated carbocycles. The number of hydrogen-bond acceptors (Lipinski definition) is 3. The van der Waals surface area contributed by atoms with Gasteiger partial charge in [-0.25, -0.2) is 4.98 Å². The second-order valence-electron chi connectivity index (χ2n) is 5.87. The topological polar surface area (TPSA) is 55.1 Å². The van der Waals surface area contributed by atoms with Crippen molar-refractivity contribution in [2.45, 2.75) is 26.2 Å². The SMILES string of the molecule is CCCNC(=O)CCc1nc(-c2ccccc2)c(-c2ccccc2)o1. The number of carbonyl (C=O) groups is 1. The van der Waals surface area contributed by atoms with Crippen LogP contribution in [0.4, 0.5) is 0 Å². The molecule has 4 nitrogen and oxygen atoms in total. The molecule has 0 atom stereocenters. The fraction of sp³-hybridized carbons (Fsp3) is 0.238. The number of carbonyl (C=O) groups excluding carboxylic acids is 1. The number of oxazole rings is 1. The Morgan fingerprint density at radius 1 is 1.00 bits per heavy atom. The predicted molar refractivity (Wildman–Crippen MR) is 99.0 cm³/mol. The predicted octanol–water partition coefficient (Wildman–Crippen LogP) is 4.47. The zero-order valence-electron chi connectivity index (χ0n) is 14.4. The van der Waals surface area contributed by atoms with E-state index >= 15 is 0 Å². The third-order valence-electron chi connectivity index (χ3n) is 3.89. The first kappa shape index (κ1) is 17.0. The summed E-state index contributed by atoms with van der Waals surface area (Å²) in [6.45, 7) is 2.74. The van der Waals surface area contributed by atoms with Gasteiger partial charge in [-0.2, -0.15) is 0 Å². The summed E-state index contributed by atoms with van der Waals surface area (Å²) >= 11 is 0. The summed E-state index contributed by atoms with van der Waals surface area (Å²) in [5, 5.41) is 2.88. The molecular weight excluding hydrogens is 312 g/mol. The Morgan fingerprint density at radius 2 is 1.64 bits per heavy atom. The van der Waals surface area contributed by atoms with Crippen molar-refractivity contribution in [3.63, 3.8) is 0 Å². The first-order valence-electron chi connectivity index (χ1n) is 8.65. The van der Waals surface area contributed by atoms with Crippen LogP contribution in [0.3, 0.4) is 0 Å². The molecule has 0 aliphatic carbocycles. The molecular formula is C21H22N2O2. The van der Waals surface area contributed by atoms with Crippen LogP contribution >= 0.6 is 0 Å². The maximum Gasteiger partial charge on any atom is 0.220 e. The van der Waals surface area contributed by atoms with E-state index < -0.39 is 0 Å². The second-order valence-corrected chi connectivity index (χ2v) is 5.87. The lowest BCUT2D eigenvalue weighted by Crippen LogP contribution is -2.24. The van der Waals surface area contributed by atoms with Crippen molar-refractivity contribution in [2.75, 3.05) is 6.54 Å². The van der Waals surface area contributed by atoms with E-state index in [4.69, 9.17) is 4.42 Å². The Kier molecular flexibility index (Phi) is 5.62. The molecule has 0 spiro atoms. The largest absolute Gasteiger partial charge is 0.440 e. The maximum atomic E-state index is 11.8. The third kappa shape index (κ3) is 4.35. The van der Waals surface area contributed by atoms with Crippen LogP contribution in [0.5, 0.6) is 0 Å². The highest BCUT2D eigenvalue weighted by atomic mass is 16.4. The molecule has 0 aliphatic heterocycles. The molecule has 3 aromatic rings. The van der Waals surface area contributed by atoms with Gasteiger partial charge in [-0.3, -0.25) is 4.79 Å². The molecule has 1 aromatic heterocycles. The zero-order chi connectivity index (χ0) is 17.5. The van der Waals surface area contributed by atoms with E-state index in [1.807, 2.05) is 67.6 Å². The fourth-order valence-electron chi connectivity index (χ4n) is 2.62. The first-order valence-corrected chi connectivity index (χ1v) is 8.65. The summed E-state index contributed by atoms with van der Waals surface area (Å²) in [6, 6.07) is 19.9. The average molecular weight is 334 g/mol. The molecule has 0 saturated heterocycles. The number of amides is 1. The van der Waals surface area contributed by atoms with Crippen molar-refractivity contribution in [3.05, 3.63) is 66.6 Å². The number of aryl methyl sites for hydroxylation is 1. The fourth-order valence-corrected chi connectivity index (χ4v) is 2.62. The molecule has 25 heavy (non-hydrogen) atoms. The van der Waals surface area contributed by atoms with Crippen LogP contribution in [0.25, 0.3) is 22.6 Å². The average Bonchev–Trinajstić information content (AvgIpc) is 3.10. The summed E-state index contributed by atoms with van der Waals surface area (Å²) in [5.41, 5.74) is 2.80. The first-order chi connectivity index (χ1) is 12.3. The van der Waals surface area contributed by atoms with E-state index in [1.165, 1.54) is 0 Å². The Morgan fingerprint density at radius 3 is 2.28 bits per heavy atom. The number of hydrogen-bond donors (Lipinski definition) is 1. The van der Waals surface area contributed by atoms with Crippen LogP contribution < -0.4 is 5.32 Å². The number of benzene rings is 2. The van der Waals surface area contributed by atoms with E-state index in [2.05, 4.69) is 10.3 Å². The van der Waals surface area contributed by atoms with E-state index in [1.54, 1.807) is 0 Å². The second kappa shape index (κ2) is 8.29. The van der Waals surface area contributed by atoms with Gasteiger partial charge in [-0.05, 0) is 6.42 Å². The number of aromatic nitrogens is 1. The molecule has 2 aromatic carbocycles. The standard InChI is InChI=1S/C21H22N2O2/c1-2-15-22-18(24)13-14-19-23-20(16-9-5-3-6-10-16)21(25-19)17-11-7-4-8-12-17/h3-12H,2,13-15H2,1H3,(H,22,24). The van der Waals surface area contributed by atoms with Gasteiger partial charge in [-0.1, -0.05) is 67.6 Å². The van der Waals surface area contributed by atoms with Crippen LogP contribution in [-0.4, -0.2) is 17.4 Å². The molecule has 1 heterocycles. The highest BCUT2D eigenvalue weighted by molar-refractivity contribution is 5.77. The van der Waals surface area contributed by atoms with Crippen LogP contribution in [0.2, 0.25) is 0 Å². The molecule has 0 bridgehead atoms. The number of rotatable bonds is 7. The van der Waals surface area contributed by atoms with Gasteiger partial charge < -0.3 is 9.73 Å². The van der Waals surface area contributed by atoms with Gasteiger partial charge >= 0.3 is 0 Å². The van der Waals surface area contributed by atoms with Gasteiger partial charge in [0.2, 0.25) is 5.91 Å². The molecule has 128 valence electrons. The van der Waals surface area contributed by atoms with Gasteiger partial charge in [0.05, 0.1) is 0 Å². The van der Waals surface area contributed by atoms with Crippen LogP contribution in [0.15, 0.2) is 65.1 Å². The summed E-state index contributed by atoms with van der Waals surface area (Å²) in [5.74, 6) is 1.36. The molecule has 4 heteroatoms. The van der Waals surface area contributed by atoms with Crippen molar-refractivity contribution in [1.29, 1.82) is 0 Å². The quantitative estimate of drug-likeness (QED) is 0.693. The smallest absolute Gasteiger partial charge is 0.220 e. The van der Waals surface area contributed by atoms with E-state index in [9.17, 15) is 4.79 Å². The normalized spacial score (nSPS) is 10.6. The lowest BCUT2D eigenvalue weighted by atomic mass is 10.1. The Labute approximate surface area is 147 Å². The Bertz CT molecular complexity index is 753. The monoisotopic (exact) mass is 334 g/mol. The van der Waals surface area contributed by atoms with Gasteiger partial charge in [-0.15, -0.1) is 0 Å². The summed E-state index contributed by atoms with van der Waals surface area (Å²) in [7, 11) is 0. The molecule has 0 aliphatic rings. The van der Waals surface area contributed by atoms with Crippen molar-refractivity contribution in [2.24, 2.45) is 0 Å². The molecule has 1 amide bonds. The van der Waals surface area contributed by atoms with Crippen LogP contribution in [-0.2, 0) is 11.2 Å². The van der Waals surface area contributed by atoms with E-state index in [0.29, 0.717) is 25.3 Å². The Balaban J connectivity index is 1.86. The Hall–Kier alpha value is -2.88. The van der Waals surface area contributed by atoms with Crippen molar-refractivity contribution in [1.82, 2.24) is 10.3 Å². The molecule has 0 fully saturated rings. The lowest BCUT2D eigenvalue weighted by Gasteiger charge is -2.01. The zero-order valence-corrected chi connectivity index (χ0v) is 14.4. The van der Waals surface area contributed by atoms with Gasteiger partial charge in [0, 0.05) is 30.5 Å².